The number of nitrogens with zero attached hydrogens (tertiary/aromatic N) is 3. The van der Waals surface area contributed by atoms with E-state index in [1.165, 1.54) is 0 Å². The number of hydrogen-bond acceptors (Lipinski definition) is 4. The van der Waals surface area contributed by atoms with Gasteiger partial charge in [-0.05, 0) is 39.0 Å². The number of amides is 1. The summed E-state index contributed by atoms with van der Waals surface area (Å²) in [5.74, 6) is 0.0349. The number of rotatable bonds is 1. The number of aromatic nitrogens is 2. The van der Waals surface area contributed by atoms with Gasteiger partial charge in [0, 0.05) is 12.1 Å². The van der Waals surface area contributed by atoms with E-state index in [1.807, 2.05) is 43.9 Å². The molecule has 5 heteroatoms. The SMILES string of the molecule is Cc1nc2ccc(C(=O)N3CCOCC3C)cc2nc1C. The van der Waals surface area contributed by atoms with E-state index in [1.54, 1.807) is 0 Å². The topological polar surface area (TPSA) is 55.3 Å². The van der Waals surface area contributed by atoms with Crippen LogP contribution in [-0.4, -0.2) is 46.6 Å². The van der Waals surface area contributed by atoms with Crippen molar-refractivity contribution in [3.8, 4) is 0 Å². The van der Waals surface area contributed by atoms with Gasteiger partial charge in [0.1, 0.15) is 0 Å². The van der Waals surface area contributed by atoms with Crippen LogP contribution in [-0.2, 0) is 4.74 Å². The highest BCUT2D eigenvalue weighted by atomic mass is 16.5. The third-order valence-corrected chi connectivity index (χ3v) is 3.95. The van der Waals surface area contributed by atoms with Crippen molar-refractivity contribution in [2.45, 2.75) is 26.8 Å². The second kappa shape index (κ2) is 5.41. The third-order valence-electron chi connectivity index (χ3n) is 3.95. The summed E-state index contributed by atoms with van der Waals surface area (Å²) in [6.45, 7) is 7.71. The summed E-state index contributed by atoms with van der Waals surface area (Å²) in [7, 11) is 0. The molecule has 1 saturated heterocycles. The fourth-order valence-electron chi connectivity index (χ4n) is 2.56. The molecule has 3 rings (SSSR count). The van der Waals surface area contributed by atoms with Crippen LogP contribution in [0.5, 0.6) is 0 Å². The van der Waals surface area contributed by atoms with Crippen LogP contribution in [0.4, 0.5) is 0 Å². The number of morpholine rings is 1. The second-order valence-electron chi connectivity index (χ2n) is 5.52. The molecule has 110 valence electrons. The van der Waals surface area contributed by atoms with Gasteiger partial charge < -0.3 is 9.64 Å². The van der Waals surface area contributed by atoms with Gasteiger partial charge in [0.05, 0.1) is 41.7 Å². The highest BCUT2D eigenvalue weighted by Crippen LogP contribution is 2.17. The lowest BCUT2D eigenvalue weighted by atomic mass is 10.1. The van der Waals surface area contributed by atoms with Crippen molar-refractivity contribution in [2.24, 2.45) is 0 Å². The van der Waals surface area contributed by atoms with Gasteiger partial charge in [-0.3, -0.25) is 4.79 Å². The number of ether oxygens (including phenoxy) is 1. The molecule has 0 aliphatic carbocycles. The summed E-state index contributed by atoms with van der Waals surface area (Å²) in [6, 6.07) is 5.63. The first-order valence-electron chi connectivity index (χ1n) is 7.20. The quantitative estimate of drug-likeness (QED) is 0.805. The van der Waals surface area contributed by atoms with Crippen molar-refractivity contribution >= 4 is 16.9 Å². The van der Waals surface area contributed by atoms with E-state index in [9.17, 15) is 4.79 Å². The molecule has 0 saturated carbocycles. The first-order valence-corrected chi connectivity index (χ1v) is 7.20. The maximum Gasteiger partial charge on any atom is 0.254 e. The van der Waals surface area contributed by atoms with Crippen LogP contribution in [0.25, 0.3) is 11.0 Å². The van der Waals surface area contributed by atoms with Gasteiger partial charge in [0.2, 0.25) is 0 Å². The van der Waals surface area contributed by atoms with E-state index in [0.717, 1.165) is 22.4 Å². The standard InChI is InChI=1S/C16H19N3O2/c1-10-9-21-7-6-19(10)16(20)13-4-5-14-15(8-13)18-12(3)11(2)17-14/h4-5,8,10H,6-7,9H2,1-3H3. The molecular formula is C16H19N3O2. The number of carbonyl (C=O) groups is 1. The largest absolute Gasteiger partial charge is 0.377 e. The monoisotopic (exact) mass is 285 g/mol. The Bertz CT molecular complexity index is 699. The van der Waals surface area contributed by atoms with Crippen molar-refractivity contribution in [3.63, 3.8) is 0 Å². The number of aryl methyl sites for hydroxylation is 2. The van der Waals surface area contributed by atoms with Gasteiger partial charge in [-0.25, -0.2) is 9.97 Å². The van der Waals surface area contributed by atoms with E-state index < -0.39 is 0 Å². The zero-order valence-electron chi connectivity index (χ0n) is 12.6. The van der Waals surface area contributed by atoms with E-state index in [2.05, 4.69) is 9.97 Å². The van der Waals surface area contributed by atoms with Crippen LogP contribution in [0.2, 0.25) is 0 Å². The van der Waals surface area contributed by atoms with Gasteiger partial charge in [0.25, 0.3) is 5.91 Å². The van der Waals surface area contributed by atoms with Crippen LogP contribution < -0.4 is 0 Å². The minimum atomic E-state index is 0.0349. The molecule has 0 spiro atoms. The van der Waals surface area contributed by atoms with E-state index in [-0.39, 0.29) is 11.9 Å². The number of fused-ring (bicyclic) bond motifs is 1. The van der Waals surface area contributed by atoms with E-state index in [0.29, 0.717) is 25.3 Å². The minimum Gasteiger partial charge on any atom is -0.377 e. The van der Waals surface area contributed by atoms with E-state index >= 15 is 0 Å². The molecule has 0 bridgehead atoms. The van der Waals surface area contributed by atoms with Crippen LogP contribution in [0.3, 0.4) is 0 Å². The molecule has 1 atom stereocenters. The van der Waals surface area contributed by atoms with Gasteiger partial charge in [-0.15, -0.1) is 0 Å². The molecule has 0 radical (unpaired) electrons. The Morgan fingerprint density at radius 3 is 2.67 bits per heavy atom. The Morgan fingerprint density at radius 2 is 1.95 bits per heavy atom. The Kier molecular flexibility index (Phi) is 3.59. The maximum atomic E-state index is 12.6. The molecule has 21 heavy (non-hydrogen) atoms. The normalized spacial score (nSPS) is 19.0. The lowest BCUT2D eigenvalue weighted by molar-refractivity contribution is 0.00360. The van der Waals surface area contributed by atoms with Crippen LogP contribution >= 0.6 is 0 Å². The van der Waals surface area contributed by atoms with Gasteiger partial charge in [-0.2, -0.15) is 0 Å². The molecule has 1 fully saturated rings. The third kappa shape index (κ3) is 2.61. The van der Waals surface area contributed by atoms with Crippen molar-refractivity contribution in [2.75, 3.05) is 19.8 Å². The first-order chi connectivity index (χ1) is 10.1. The average Bonchev–Trinajstić information content (AvgIpc) is 2.48. The average molecular weight is 285 g/mol. The summed E-state index contributed by atoms with van der Waals surface area (Å²) in [5.41, 5.74) is 4.07. The zero-order valence-corrected chi connectivity index (χ0v) is 12.6. The highest BCUT2D eigenvalue weighted by molar-refractivity contribution is 5.97. The molecule has 1 unspecified atom stereocenters. The first kappa shape index (κ1) is 13.9. The molecular weight excluding hydrogens is 266 g/mol. The van der Waals surface area contributed by atoms with Crippen LogP contribution in [0.15, 0.2) is 18.2 Å². The van der Waals surface area contributed by atoms with Crippen molar-refractivity contribution in [1.29, 1.82) is 0 Å². The minimum absolute atomic E-state index is 0.0349. The van der Waals surface area contributed by atoms with Crippen molar-refractivity contribution in [3.05, 3.63) is 35.2 Å². The zero-order chi connectivity index (χ0) is 15.0. The molecule has 2 heterocycles. The Balaban J connectivity index is 1.96. The summed E-state index contributed by atoms with van der Waals surface area (Å²) < 4.78 is 5.38. The summed E-state index contributed by atoms with van der Waals surface area (Å²) in [6.07, 6.45) is 0. The molecule has 1 aliphatic heterocycles. The Labute approximate surface area is 124 Å². The van der Waals surface area contributed by atoms with Crippen molar-refractivity contribution < 1.29 is 9.53 Å². The lowest BCUT2D eigenvalue weighted by Gasteiger charge is -2.33. The van der Waals surface area contributed by atoms with Gasteiger partial charge in [0.15, 0.2) is 0 Å². The number of carbonyl (C=O) groups excluding carboxylic acids is 1. The lowest BCUT2D eigenvalue weighted by Crippen LogP contribution is -2.47. The van der Waals surface area contributed by atoms with Crippen molar-refractivity contribution in [1.82, 2.24) is 14.9 Å². The number of benzene rings is 1. The van der Waals surface area contributed by atoms with Crippen LogP contribution in [0.1, 0.15) is 28.7 Å². The molecule has 1 aliphatic rings. The maximum absolute atomic E-state index is 12.6. The fraction of sp³-hybridized carbons (Fsp3) is 0.438. The van der Waals surface area contributed by atoms with E-state index in [4.69, 9.17) is 4.74 Å². The molecule has 1 amide bonds. The summed E-state index contributed by atoms with van der Waals surface area (Å²) >= 11 is 0. The Morgan fingerprint density at radius 1 is 1.24 bits per heavy atom. The fourth-order valence-corrected chi connectivity index (χ4v) is 2.56. The predicted molar refractivity (Wildman–Crippen MR) is 80.3 cm³/mol. The number of hydrogen-bond donors (Lipinski definition) is 0. The molecule has 5 nitrogen and oxygen atoms in total. The second-order valence-corrected chi connectivity index (χ2v) is 5.52. The van der Waals surface area contributed by atoms with Crippen LogP contribution in [0, 0.1) is 13.8 Å². The molecule has 0 N–H and O–H groups in total. The van der Waals surface area contributed by atoms with Gasteiger partial charge in [-0.1, -0.05) is 0 Å². The predicted octanol–water partition coefficient (Wildman–Crippen LogP) is 2.11. The molecule has 1 aromatic heterocycles. The molecule has 1 aromatic carbocycles. The smallest absolute Gasteiger partial charge is 0.254 e. The summed E-state index contributed by atoms with van der Waals surface area (Å²) in [4.78, 5) is 23.5. The summed E-state index contributed by atoms with van der Waals surface area (Å²) in [5, 5.41) is 0. The molecule has 2 aromatic rings. The van der Waals surface area contributed by atoms with Gasteiger partial charge >= 0.3 is 0 Å². The Hall–Kier alpha value is -2.01. The highest BCUT2D eigenvalue weighted by Gasteiger charge is 2.24.